The fourth-order valence-corrected chi connectivity index (χ4v) is 1.48. The van der Waals surface area contributed by atoms with Crippen LogP contribution in [0, 0.1) is 17.0 Å². The third-order valence-corrected chi connectivity index (χ3v) is 2.40. The Morgan fingerprint density at radius 1 is 1.33 bits per heavy atom. The van der Waals surface area contributed by atoms with Crippen molar-refractivity contribution in [2.45, 2.75) is 6.92 Å². The first-order valence-electron chi connectivity index (χ1n) is 5.70. The van der Waals surface area contributed by atoms with Crippen LogP contribution in [0.2, 0.25) is 0 Å². The number of hydrogen-bond donors (Lipinski definition) is 1. The van der Waals surface area contributed by atoms with Crippen LogP contribution in [0.3, 0.4) is 0 Å². The Bertz CT molecular complexity index is 396. The smallest absolute Gasteiger partial charge is 0.272 e. The molecule has 0 saturated heterocycles. The molecule has 0 atom stereocenters. The summed E-state index contributed by atoms with van der Waals surface area (Å²) in [7, 11) is 1.63. The van der Waals surface area contributed by atoms with Gasteiger partial charge in [0.05, 0.1) is 24.7 Å². The van der Waals surface area contributed by atoms with Gasteiger partial charge in [0.2, 0.25) is 0 Å². The van der Waals surface area contributed by atoms with Gasteiger partial charge in [-0.25, -0.2) is 0 Å². The quantitative estimate of drug-likeness (QED) is 0.436. The molecule has 18 heavy (non-hydrogen) atoms. The summed E-state index contributed by atoms with van der Waals surface area (Å²) >= 11 is 0. The number of nitrogens with zero attached hydrogens (tertiary/aromatic N) is 1. The second kappa shape index (κ2) is 7.62. The number of methoxy groups -OCH3 is 1. The topological polar surface area (TPSA) is 73.6 Å². The van der Waals surface area contributed by atoms with Crippen LogP contribution in [-0.4, -0.2) is 38.4 Å². The highest BCUT2D eigenvalue weighted by Gasteiger charge is 2.09. The fraction of sp³-hybridized carbons (Fsp3) is 0.500. The molecule has 0 fully saturated rings. The zero-order valence-electron chi connectivity index (χ0n) is 10.6. The molecule has 0 aliphatic carbocycles. The van der Waals surface area contributed by atoms with Crippen molar-refractivity contribution >= 4 is 11.4 Å². The molecule has 0 heterocycles. The highest BCUT2D eigenvalue weighted by Crippen LogP contribution is 2.21. The van der Waals surface area contributed by atoms with Gasteiger partial charge in [-0.05, 0) is 19.1 Å². The Balaban J connectivity index is 2.35. The summed E-state index contributed by atoms with van der Waals surface area (Å²) in [5, 5.41) is 13.8. The molecule has 6 nitrogen and oxygen atoms in total. The van der Waals surface area contributed by atoms with Crippen LogP contribution in [0.1, 0.15) is 5.56 Å². The zero-order chi connectivity index (χ0) is 13.4. The van der Waals surface area contributed by atoms with Crippen LogP contribution >= 0.6 is 0 Å². The second-order valence-corrected chi connectivity index (χ2v) is 3.79. The molecule has 0 bridgehead atoms. The van der Waals surface area contributed by atoms with Crippen molar-refractivity contribution in [1.82, 2.24) is 0 Å². The van der Waals surface area contributed by atoms with E-state index >= 15 is 0 Å². The molecular weight excluding hydrogens is 236 g/mol. The number of hydrogen-bond acceptors (Lipinski definition) is 5. The van der Waals surface area contributed by atoms with Gasteiger partial charge in [-0.2, -0.15) is 0 Å². The average Bonchev–Trinajstić information content (AvgIpc) is 2.33. The van der Waals surface area contributed by atoms with Crippen molar-refractivity contribution in [2.75, 3.05) is 38.8 Å². The van der Waals surface area contributed by atoms with Gasteiger partial charge in [-0.3, -0.25) is 10.1 Å². The minimum absolute atomic E-state index is 0.136. The fourth-order valence-electron chi connectivity index (χ4n) is 1.48. The Labute approximate surface area is 106 Å². The van der Waals surface area contributed by atoms with Crippen molar-refractivity contribution in [3.63, 3.8) is 0 Å². The summed E-state index contributed by atoms with van der Waals surface area (Å²) in [6.45, 7) is 4.09. The van der Waals surface area contributed by atoms with E-state index in [9.17, 15) is 10.1 Å². The summed E-state index contributed by atoms with van der Waals surface area (Å²) in [4.78, 5) is 10.3. The lowest BCUT2D eigenvalue weighted by Crippen LogP contribution is -2.12. The number of rotatable bonds is 8. The molecule has 0 aliphatic heterocycles. The van der Waals surface area contributed by atoms with Crippen molar-refractivity contribution in [3.8, 4) is 0 Å². The van der Waals surface area contributed by atoms with Gasteiger partial charge in [0, 0.05) is 31.0 Å². The van der Waals surface area contributed by atoms with Crippen molar-refractivity contribution in [2.24, 2.45) is 0 Å². The van der Waals surface area contributed by atoms with Crippen LogP contribution in [0.25, 0.3) is 0 Å². The maximum atomic E-state index is 10.6. The number of ether oxygens (including phenoxy) is 2. The van der Waals surface area contributed by atoms with E-state index in [1.54, 1.807) is 26.2 Å². The summed E-state index contributed by atoms with van der Waals surface area (Å²) in [5.41, 5.74) is 1.63. The third-order valence-electron chi connectivity index (χ3n) is 2.40. The van der Waals surface area contributed by atoms with E-state index in [-0.39, 0.29) is 10.6 Å². The summed E-state index contributed by atoms with van der Waals surface area (Å²) in [6, 6.07) is 4.96. The number of aryl methyl sites for hydroxylation is 1. The van der Waals surface area contributed by atoms with Crippen molar-refractivity contribution < 1.29 is 14.4 Å². The molecular formula is C12H18N2O4. The number of nitro groups is 1. The van der Waals surface area contributed by atoms with E-state index in [4.69, 9.17) is 9.47 Å². The Morgan fingerprint density at radius 2 is 2.11 bits per heavy atom. The van der Waals surface area contributed by atoms with Crippen LogP contribution in [0.4, 0.5) is 11.4 Å². The largest absolute Gasteiger partial charge is 0.383 e. The molecule has 1 aromatic carbocycles. The molecule has 1 rings (SSSR count). The van der Waals surface area contributed by atoms with Crippen LogP contribution < -0.4 is 5.32 Å². The first kappa shape index (κ1) is 14.4. The third kappa shape index (κ3) is 4.68. The number of nitrogens with one attached hydrogen (secondary N) is 1. The van der Waals surface area contributed by atoms with Gasteiger partial charge >= 0.3 is 0 Å². The molecule has 0 aromatic heterocycles. The monoisotopic (exact) mass is 254 g/mol. The van der Waals surface area contributed by atoms with Crippen LogP contribution in [0.5, 0.6) is 0 Å². The first-order valence-corrected chi connectivity index (χ1v) is 5.70. The molecule has 0 unspecified atom stereocenters. The van der Waals surface area contributed by atoms with Gasteiger partial charge in [0.25, 0.3) is 5.69 Å². The molecule has 100 valence electrons. The minimum Gasteiger partial charge on any atom is -0.383 e. The molecule has 6 heteroatoms. The van der Waals surface area contributed by atoms with Crippen molar-refractivity contribution in [3.05, 3.63) is 33.9 Å². The number of nitro benzene ring substituents is 1. The van der Waals surface area contributed by atoms with E-state index in [2.05, 4.69) is 5.32 Å². The number of benzene rings is 1. The zero-order valence-corrected chi connectivity index (χ0v) is 10.6. The van der Waals surface area contributed by atoms with Crippen LogP contribution in [0.15, 0.2) is 18.2 Å². The van der Waals surface area contributed by atoms with Crippen LogP contribution in [-0.2, 0) is 9.47 Å². The Morgan fingerprint density at radius 3 is 2.72 bits per heavy atom. The lowest BCUT2D eigenvalue weighted by molar-refractivity contribution is -0.385. The lowest BCUT2D eigenvalue weighted by Gasteiger charge is -2.08. The van der Waals surface area contributed by atoms with Gasteiger partial charge < -0.3 is 14.8 Å². The minimum atomic E-state index is -0.382. The van der Waals surface area contributed by atoms with Gasteiger partial charge in [-0.1, -0.05) is 0 Å². The summed E-state index contributed by atoms with van der Waals surface area (Å²) < 4.78 is 10.1. The van der Waals surface area contributed by atoms with Crippen molar-refractivity contribution in [1.29, 1.82) is 0 Å². The van der Waals surface area contributed by atoms with E-state index in [0.717, 1.165) is 5.69 Å². The lowest BCUT2D eigenvalue weighted by atomic mass is 10.2. The van der Waals surface area contributed by atoms with Gasteiger partial charge in [0.1, 0.15) is 0 Å². The van der Waals surface area contributed by atoms with Gasteiger partial charge in [-0.15, -0.1) is 0 Å². The first-order chi connectivity index (χ1) is 8.65. The number of anilines is 1. The Kier molecular flexibility index (Phi) is 6.10. The standard InChI is InChI=1S/C12H18N2O4/c1-10-9-11(3-4-12(10)14(15)16)13-5-6-18-8-7-17-2/h3-4,9,13H,5-8H2,1-2H3. The highest BCUT2D eigenvalue weighted by molar-refractivity contribution is 5.53. The summed E-state index contributed by atoms with van der Waals surface area (Å²) in [5.74, 6) is 0. The van der Waals surface area contributed by atoms with E-state index < -0.39 is 0 Å². The predicted octanol–water partition coefficient (Wildman–Crippen LogP) is 1.98. The highest BCUT2D eigenvalue weighted by atomic mass is 16.6. The molecule has 0 aliphatic rings. The Hall–Kier alpha value is -1.66. The SMILES string of the molecule is COCCOCCNc1ccc([N+](=O)[O-])c(C)c1. The molecule has 0 spiro atoms. The predicted molar refractivity (Wildman–Crippen MR) is 69.0 cm³/mol. The molecule has 0 radical (unpaired) electrons. The molecule has 0 saturated carbocycles. The maximum Gasteiger partial charge on any atom is 0.272 e. The van der Waals surface area contributed by atoms with E-state index in [1.807, 2.05) is 0 Å². The molecule has 0 amide bonds. The van der Waals surface area contributed by atoms with E-state index in [0.29, 0.717) is 31.9 Å². The normalized spacial score (nSPS) is 10.3. The molecule has 1 N–H and O–H groups in total. The average molecular weight is 254 g/mol. The second-order valence-electron chi connectivity index (χ2n) is 3.79. The van der Waals surface area contributed by atoms with E-state index in [1.165, 1.54) is 6.07 Å². The summed E-state index contributed by atoms with van der Waals surface area (Å²) in [6.07, 6.45) is 0. The van der Waals surface area contributed by atoms with Gasteiger partial charge in [0.15, 0.2) is 0 Å². The maximum absolute atomic E-state index is 10.6. The molecule has 1 aromatic rings.